The highest BCUT2D eigenvalue weighted by atomic mass is 79.9. The van der Waals surface area contributed by atoms with Crippen LogP contribution in [0.5, 0.6) is 0 Å². The standard InChI is InChI=1S/C23H17BrCl2N4O4/c1-34-21(32)29-20-27-17-6-5-12(9-18(17)28-20)23(33)16-11-22(25,26)8-7-15(16)19(31)30(23)14-4-2-3-13(24)10-14/h2-7,9-11,33H,8H2,1H3,(H2,27,28,29,32). The van der Waals surface area contributed by atoms with Gasteiger partial charge in [-0.05, 0) is 36.4 Å². The number of ether oxygens (including phenoxy) is 1. The molecule has 11 heteroatoms. The van der Waals surface area contributed by atoms with E-state index in [4.69, 9.17) is 23.2 Å². The van der Waals surface area contributed by atoms with E-state index in [1.54, 1.807) is 42.5 Å². The molecule has 0 spiro atoms. The van der Waals surface area contributed by atoms with Crippen molar-refractivity contribution in [1.82, 2.24) is 9.97 Å². The van der Waals surface area contributed by atoms with E-state index in [1.165, 1.54) is 18.1 Å². The van der Waals surface area contributed by atoms with Crippen LogP contribution in [0.15, 0.2) is 70.2 Å². The average molecular weight is 564 g/mol. The molecule has 2 aromatic carbocycles. The van der Waals surface area contributed by atoms with E-state index in [2.05, 4.69) is 36.0 Å². The molecule has 174 valence electrons. The number of carbonyl (C=O) groups is 2. The van der Waals surface area contributed by atoms with Crippen LogP contribution in [0.3, 0.4) is 0 Å². The smallest absolute Gasteiger partial charge is 0.413 e. The normalized spacial score (nSPS) is 21.2. The number of carbonyl (C=O) groups excluding carboxylic acids is 2. The maximum Gasteiger partial charge on any atom is 0.413 e. The molecule has 3 aromatic rings. The van der Waals surface area contributed by atoms with Gasteiger partial charge in [0, 0.05) is 33.3 Å². The Balaban J connectivity index is 1.70. The lowest BCUT2D eigenvalue weighted by molar-refractivity contribution is -0.116. The number of aromatic nitrogens is 2. The number of aliphatic hydroxyl groups is 1. The Kier molecular flexibility index (Phi) is 5.48. The molecule has 1 fully saturated rings. The molecule has 2 heterocycles. The van der Waals surface area contributed by atoms with Crippen LogP contribution < -0.4 is 10.2 Å². The van der Waals surface area contributed by atoms with Crippen LogP contribution in [0.1, 0.15) is 12.0 Å². The molecule has 34 heavy (non-hydrogen) atoms. The van der Waals surface area contributed by atoms with Crippen molar-refractivity contribution in [3.8, 4) is 0 Å². The molecule has 0 radical (unpaired) electrons. The number of anilines is 2. The molecule has 0 bridgehead atoms. The molecule has 3 N–H and O–H groups in total. The van der Waals surface area contributed by atoms with Crippen molar-refractivity contribution >= 4 is 73.8 Å². The highest BCUT2D eigenvalue weighted by Crippen LogP contribution is 2.51. The van der Waals surface area contributed by atoms with Crippen LogP contribution in [0.2, 0.25) is 0 Å². The van der Waals surface area contributed by atoms with Gasteiger partial charge < -0.3 is 14.8 Å². The zero-order valence-electron chi connectivity index (χ0n) is 17.6. The van der Waals surface area contributed by atoms with Gasteiger partial charge in [-0.2, -0.15) is 0 Å². The van der Waals surface area contributed by atoms with E-state index in [-0.39, 0.29) is 18.3 Å². The van der Waals surface area contributed by atoms with Gasteiger partial charge in [0.2, 0.25) is 5.95 Å². The third-order valence-corrected chi connectivity index (χ3v) is 6.73. The number of allylic oxidation sites excluding steroid dienone is 2. The first kappa shape index (κ1) is 22.9. The fourth-order valence-corrected chi connectivity index (χ4v) is 4.97. The third-order valence-electron chi connectivity index (χ3n) is 5.71. The molecule has 1 atom stereocenters. The van der Waals surface area contributed by atoms with E-state index in [0.717, 1.165) is 4.47 Å². The van der Waals surface area contributed by atoms with Crippen LogP contribution in [0, 0.1) is 0 Å². The Bertz CT molecular complexity index is 1420. The molecule has 2 aliphatic rings. The number of halogens is 3. The van der Waals surface area contributed by atoms with Crippen molar-refractivity contribution in [2.75, 3.05) is 17.3 Å². The molecule has 8 nitrogen and oxygen atoms in total. The van der Waals surface area contributed by atoms with Crippen molar-refractivity contribution in [1.29, 1.82) is 0 Å². The molecular weight excluding hydrogens is 547 g/mol. The number of methoxy groups -OCH3 is 1. The maximum atomic E-state index is 13.5. The summed E-state index contributed by atoms with van der Waals surface area (Å²) < 4.78 is 4.06. The monoisotopic (exact) mass is 562 g/mol. The van der Waals surface area contributed by atoms with Crippen molar-refractivity contribution < 1.29 is 19.4 Å². The quantitative estimate of drug-likeness (QED) is 0.383. The van der Waals surface area contributed by atoms with E-state index in [9.17, 15) is 14.7 Å². The van der Waals surface area contributed by atoms with Crippen molar-refractivity contribution in [2.45, 2.75) is 16.5 Å². The Morgan fingerprint density at radius 2 is 2.09 bits per heavy atom. The Morgan fingerprint density at radius 1 is 1.29 bits per heavy atom. The summed E-state index contributed by atoms with van der Waals surface area (Å²) in [5.41, 5.74) is 0.629. The highest BCUT2D eigenvalue weighted by Gasteiger charge is 2.55. The summed E-state index contributed by atoms with van der Waals surface area (Å²) >= 11 is 16.2. The molecule has 2 amide bonds. The first-order chi connectivity index (χ1) is 16.1. The molecule has 1 aliphatic heterocycles. The predicted molar refractivity (Wildman–Crippen MR) is 133 cm³/mol. The first-order valence-electron chi connectivity index (χ1n) is 10.1. The van der Waals surface area contributed by atoms with Gasteiger partial charge in [-0.3, -0.25) is 15.0 Å². The summed E-state index contributed by atoms with van der Waals surface area (Å²) in [5, 5.41) is 14.7. The summed E-state index contributed by atoms with van der Waals surface area (Å²) in [5.74, 6) is -0.205. The molecule has 5 rings (SSSR count). The number of H-pyrrole nitrogens is 1. The minimum Gasteiger partial charge on any atom is -0.453 e. The van der Waals surface area contributed by atoms with Gasteiger partial charge in [-0.1, -0.05) is 57.3 Å². The SMILES string of the molecule is COC(=O)Nc1nc2ccc(C3(O)C4=CC(Cl)(Cl)CC=C4C(=O)N3c3cccc(Br)c3)cc2[nH]1. The number of benzene rings is 2. The zero-order chi connectivity index (χ0) is 24.3. The Morgan fingerprint density at radius 3 is 2.82 bits per heavy atom. The van der Waals surface area contributed by atoms with Gasteiger partial charge in [0.25, 0.3) is 5.91 Å². The molecular formula is C23H17BrCl2N4O4. The second kappa shape index (κ2) is 8.13. The fourth-order valence-electron chi connectivity index (χ4n) is 4.21. The lowest BCUT2D eigenvalue weighted by atomic mass is 9.88. The second-order valence-electron chi connectivity index (χ2n) is 7.87. The van der Waals surface area contributed by atoms with Gasteiger partial charge in [0.05, 0.1) is 18.1 Å². The van der Waals surface area contributed by atoms with Gasteiger partial charge in [-0.15, -0.1) is 0 Å². The van der Waals surface area contributed by atoms with Crippen molar-refractivity contribution in [3.05, 3.63) is 75.8 Å². The Labute approximate surface area is 212 Å². The maximum absolute atomic E-state index is 13.5. The van der Waals surface area contributed by atoms with Crippen molar-refractivity contribution in [2.24, 2.45) is 0 Å². The van der Waals surface area contributed by atoms with Crippen molar-refractivity contribution in [3.63, 3.8) is 0 Å². The van der Waals surface area contributed by atoms with E-state index < -0.39 is 16.2 Å². The third kappa shape index (κ3) is 3.69. The number of alkyl halides is 2. The number of imidazole rings is 1. The zero-order valence-corrected chi connectivity index (χ0v) is 20.7. The fraction of sp³-hybridized carbons (Fsp3) is 0.174. The minimum absolute atomic E-state index is 0.176. The molecule has 1 aliphatic carbocycles. The average Bonchev–Trinajstić information content (AvgIpc) is 3.28. The number of aromatic amines is 1. The van der Waals surface area contributed by atoms with Gasteiger partial charge in [-0.25, -0.2) is 9.78 Å². The van der Waals surface area contributed by atoms with Crippen LogP contribution in [0.4, 0.5) is 16.4 Å². The van der Waals surface area contributed by atoms with Crippen LogP contribution >= 0.6 is 39.1 Å². The molecule has 1 saturated heterocycles. The minimum atomic E-state index is -1.91. The van der Waals surface area contributed by atoms with Crippen LogP contribution in [-0.4, -0.2) is 38.5 Å². The van der Waals surface area contributed by atoms with E-state index in [1.807, 2.05) is 6.07 Å². The number of rotatable bonds is 3. The van der Waals surface area contributed by atoms with Gasteiger partial charge in [0.15, 0.2) is 5.72 Å². The highest BCUT2D eigenvalue weighted by molar-refractivity contribution is 9.10. The van der Waals surface area contributed by atoms with Crippen LogP contribution in [-0.2, 0) is 15.3 Å². The Hall–Kier alpha value is -2.85. The largest absolute Gasteiger partial charge is 0.453 e. The molecule has 0 saturated carbocycles. The predicted octanol–water partition coefficient (Wildman–Crippen LogP) is 5.13. The first-order valence-corrected chi connectivity index (χ1v) is 11.7. The van der Waals surface area contributed by atoms with Crippen LogP contribution in [0.25, 0.3) is 11.0 Å². The summed E-state index contributed by atoms with van der Waals surface area (Å²) in [7, 11) is 1.25. The second-order valence-corrected chi connectivity index (χ2v) is 10.3. The summed E-state index contributed by atoms with van der Waals surface area (Å²) in [4.78, 5) is 33.7. The number of fused-ring (bicyclic) bond motifs is 2. The number of nitrogens with one attached hydrogen (secondary N) is 2. The van der Waals surface area contributed by atoms with Gasteiger partial charge >= 0.3 is 6.09 Å². The summed E-state index contributed by atoms with van der Waals surface area (Å²) in [6.45, 7) is 0. The number of amides is 2. The topological polar surface area (TPSA) is 108 Å². The molecule has 1 unspecified atom stereocenters. The summed E-state index contributed by atoms with van der Waals surface area (Å²) in [6.07, 6.45) is 2.71. The lowest BCUT2D eigenvalue weighted by Crippen LogP contribution is -2.44. The van der Waals surface area contributed by atoms with E-state index >= 15 is 0 Å². The van der Waals surface area contributed by atoms with E-state index in [0.29, 0.717) is 33.4 Å². The summed E-state index contributed by atoms with van der Waals surface area (Å²) in [6, 6.07) is 12.1. The van der Waals surface area contributed by atoms with Gasteiger partial charge in [0.1, 0.15) is 4.33 Å². The lowest BCUT2D eigenvalue weighted by Gasteiger charge is -2.35. The number of nitrogens with zero attached hydrogens (tertiary/aromatic N) is 2. The number of hydrogen-bond donors (Lipinski definition) is 3. The molecule has 1 aromatic heterocycles. The number of hydrogen-bond acceptors (Lipinski definition) is 5.